The second-order valence-corrected chi connectivity index (χ2v) is 13.5. The normalized spacial score (nSPS) is 15.3. The molecule has 0 aromatic carbocycles. The summed E-state index contributed by atoms with van der Waals surface area (Å²) in [6.07, 6.45) is 10.6. The molecule has 0 saturated carbocycles. The van der Waals surface area contributed by atoms with Gasteiger partial charge in [0.1, 0.15) is 6.10 Å². The molecule has 144 valence electrons. The van der Waals surface area contributed by atoms with Crippen LogP contribution in [0.1, 0.15) is 92.4 Å². The van der Waals surface area contributed by atoms with E-state index in [2.05, 4.69) is 40.8 Å². The molecule has 0 fully saturated rings. The Hall–Kier alpha value is -0.423. The van der Waals surface area contributed by atoms with Gasteiger partial charge in [0.05, 0.1) is 0 Å². The van der Waals surface area contributed by atoms with Crippen LogP contribution < -0.4 is 0 Å². The first-order valence-corrected chi connectivity index (χ1v) is 12.7. The van der Waals surface area contributed by atoms with Gasteiger partial charge in [0.15, 0.2) is 8.32 Å². The molecule has 0 spiro atoms. The Morgan fingerprint density at radius 2 is 1.46 bits per heavy atom. The van der Waals surface area contributed by atoms with E-state index in [0.29, 0.717) is 0 Å². The van der Waals surface area contributed by atoms with Crippen molar-refractivity contribution in [1.29, 1.82) is 0 Å². The summed E-state index contributed by atoms with van der Waals surface area (Å²) in [4.78, 5) is 11.1. The van der Waals surface area contributed by atoms with E-state index in [1.807, 2.05) is 0 Å². The lowest BCUT2D eigenvalue weighted by Crippen LogP contribution is -2.48. The number of hydrogen-bond donors (Lipinski definition) is 0. The van der Waals surface area contributed by atoms with E-state index in [0.717, 1.165) is 19.3 Å². The number of nitro groups is 1. The molecule has 0 unspecified atom stereocenters. The van der Waals surface area contributed by atoms with E-state index < -0.39 is 14.4 Å². The predicted molar refractivity (Wildman–Crippen MR) is 106 cm³/mol. The van der Waals surface area contributed by atoms with Crippen LogP contribution in [-0.4, -0.2) is 25.4 Å². The second-order valence-electron chi connectivity index (χ2n) is 8.71. The van der Waals surface area contributed by atoms with Gasteiger partial charge in [-0.15, -0.1) is 0 Å². The van der Waals surface area contributed by atoms with Crippen molar-refractivity contribution in [2.45, 2.75) is 123 Å². The van der Waals surface area contributed by atoms with Crippen LogP contribution in [0.5, 0.6) is 0 Å². The Bertz CT molecular complexity index is 353. The first kappa shape index (κ1) is 23.6. The van der Waals surface area contributed by atoms with Crippen LogP contribution in [-0.2, 0) is 4.43 Å². The Kier molecular flexibility index (Phi) is 11.0. The molecule has 5 heteroatoms. The molecule has 0 aromatic heterocycles. The Morgan fingerprint density at radius 3 is 1.88 bits per heavy atom. The molecule has 0 aliphatic heterocycles. The lowest BCUT2D eigenvalue weighted by Gasteiger charge is -2.39. The molecule has 0 bridgehead atoms. The van der Waals surface area contributed by atoms with Crippen LogP contribution in [0.2, 0.25) is 18.1 Å². The van der Waals surface area contributed by atoms with Crippen molar-refractivity contribution in [2.24, 2.45) is 0 Å². The molecule has 0 N–H and O–H groups in total. The number of nitrogens with zero attached hydrogens (tertiary/aromatic N) is 1. The predicted octanol–water partition coefficient (Wildman–Crippen LogP) is 6.57. The van der Waals surface area contributed by atoms with Crippen molar-refractivity contribution in [3.8, 4) is 0 Å². The van der Waals surface area contributed by atoms with Gasteiger partial charge in [0.2, 0.25) is 6.04 Å². The highest BCUT2D eigenvalue weighted by Gasteiger charge is 2.42. The summed E-state index contributed by atoms with van der Waals surface area (Å²) < 4.78 is 6.38. The van der Waals surface area contributed by atoms with E-state index in [-0.39, 0.29) is 16.1 Å². The highest BCUT2D eigenvalue weighted by Crippen LogP contribution is 2.38. The van der Waals surface area contributed by atoms with Crippen LogP contribution in [0.25, 0.3) is 0 Å². The van der Waals surface area contributed by atoms with Gasteiger partial charge in [-0.2, -0.15) is 0 Å². The van der Waals surface area contributed by atoms with Crippen molar-refractivity contribution in [3.05, 3.63) is 10.1 Å². The molecular formula is C19H41NO3Si. The Morgan fingerprint density at radius 1 is 1.00 bits per heavy atom. The summed E-state index contributed by atoms with van der Waals surface area (Å²) in [5.41, 5.74) is 0. The fourth-order valence-electron chi connectivity index (χ4n) is 2.57. The average molecular weight is 360 g/mol. The summed E-state index contributed by atoms with van der Waals surface area (Å²) >= 11 is 0. The van der Waals surface area contributed by atoms with Crippen molar-refractivity contribution < 1.29 is 9.35 Å². The van der Waals surface area contributed by atoms with E-state index in [1.54, 1.807) is 6.92 Å². The van der Waals surface area contributed by atoms with Crippen LogP contribution in [0.4, 0.5) is 0 Å². The molecule has 0 saturated heterocycles. The fourth-order valence-corrected chi connectivity index (χ4v) is 3.99. The van der Waals surface area contributed by atoms with Crippen LogP contribution in [0, 0.1) is 10.1 Å². The van der Waals surface area contributed by atoms with E-state index in [1.165, 1.54) is 38.5 Å². The first-order chi connectivity index (χ1) is 11.0. The zero-order chi connectivity index (χ0) is 18.8. The molecule has 0 rings (SSSR count). The van der Waals surface area contributed by atoms with Crippen LogP contribution in [0.3, 0.4) is 0 Å². The summed E-state index contributed by atoms with van der Waals surface area (Å²) in [6.45, 7) is 14.8. The van der Waals surface area contributed by atoms with Gasteiger partial charge < -0.3 is 4.43 Å². The summed E-state index contributed by atoms with van der Waals surface area (Å²) in [6, 6.07) is -0.622. The number of hydrogen-bond acceptors (Lipinski definition) is 3. The zero-order valence-electron chi connectivity index (χ0n) is 17.2. The molecule has 0 radical (unpaired) electrons. The van der Waals surface area contributed by atoms with Gasteiger partial charge >= 0.3 is 0 Å². The number of unbranched alkanes of at least 4 members (excludes halogenated alkanes) is 7. The minimum atomic E-state index is -1.97. The fraction of sp³-hybridized carbons (Fsp3) is 1.00. The average Bonchev–Trinajstić information content (AvgIpc) is 2.46. The van der Waals surface area contributed by atoms with Crippen molar-refractivity contribution in [2.75, 3.05) is 0 Å². The van der Waals surface area contributed by atoms with Gasteiger partial charge in [-0.05, 0) is 24.6 Å². The van der Waals surface area contributed by atoms with Gasteiger partial charge in [0, 0.05) is 11.8 Å². The highest BCUT2D eigenvalue weighted by molar-refractivity contribution is 6.74. The minimum absolute atomic E-state index is 0.0842. The number of rotatable bonds is 13. The summed E-state index contributed by atoms with van der Waals surface area (Å²) in [5.74, 6) is 0. The largest absolute Gasteiger partial charge is 0.407 e. The zero-order valence-corrected chi connectivity index (χ0v) is 18.2. The lowest BCUT2D eigenvalue weighted by molar-refractivity contribution is -0.529. The first-order valence-electron chi connectivity index (χ1n) is 9.84. The van der Waals surface area contributed by atoms with Crippen molar-refractivity contribution in [3.63, 3.8) is 0 Å². The topological polar surface area (TPSA) is 52.4 Å². The van der Waals surface area contributed by atoms with Gasteiger partial charge in [-0.25, -0.2) is 0 Å². The van der Waals surface area contributed by atoms with E-state index >= 15 is 0 Å². The van der Waals surface area contributed by atoms with E-state index in [4.69, 9.17) is 4.43 Å². The van der Waals surface area contributed by atoms with Crippen LogP contribution in [0.15, 0.2) is 0 Å². The van der Waals surface area contributed by atoms with Gasteiger partial charge in [0.25, 0.3) is 0 Å². The SMILES string of the molecule is CCCCCCCCCC[C@@H](O[Si](C)(C)C(C)(C)C)[C@H](C)[N+](=O)[O-]. The van der Waals surface area contributed by atoms with Gasteiger partial charge in [-0.1, -0.05) is 79.1 Å². The molecule has 0 amide bonds. The molecule has 0 aliphatic rings. The lowest BCUT2D eigenvalue weighted by atomic mass is 10.0. The maximum Gasteiger partial charge on any atom is 0.234 e. The molecule has 24 heavy (non-hydrogen) atoms. The van der Waals surface area contributed by atoms with E-state index in [9.17, 15) is 10.1 Å². The second kappa shape index (κ2) is 11.2. The molecule has 0 heterocycles. The van der Waals surface area contributed by atoms with Gasteiger partial charge in [-0.3, -0.25) is 10.1 Å². The van der Waals surface area contributed by atoms with Crippen LogP contribution >= 0.6 is 0 Å². The summed E-state index contributed by atoms with van der Waals surface area (Å²) in [5, 5.41) is 11.3. The highest BCUT2D eigenvalue weighted by atomic mass is 28.4. The third kappa shape index (κ3) is 9.16. The molecule has 2 atom stereocenters. The quantitative estimate of drug-likeness (QED) is 0.162. The third-order valence-corrected chi connectivity index (χ3v) is 9.97. The molecule has 0 aliphatic carbocycles. The Balaban J connectivity index is 4.37. The molecular weight excluding hydrogens is 318 g/mol. The monoisotopic (exact) mass is 359 g/mol. The smallest absolute Gasteiger partial charge is 0.234 e. The summed E-state index contributed by atoms with van der Waals surface area (Å²) in [7, 11) is -1.97. The maximum absolute atomic E-state index is 11.3. The Labute approximate surface area is 151 Å². The van der Waals surface area contributed by atoms with Crippen molar-refractivity contribution in [1.82, 2.24) is 0 Å². The van der Waals surface area contributed by atoms with Crippen molar-refractivity contribution >= 4 is 8.32 Å². The molecule has 4 nitrogen and oxygen atoms in total. The third-order valence-electron chi connectivity index (χ3n) is 5.46. The minimum Gasteiger partial charge on any atom is -0.407 e. The standard InChI is InChI=1S/C19H41NO3Si/c1-8-9-10-11-12-13-14-15-16-18(17(2)20(21)22)23-24(6,7)19(3,4)5/h17-18H,8-16H2,1-7H3/t17-,18+/m0/s1. The molecule has 0 aromatic rings. The maximum atomic E-state index is 11.3.